The van der Waals surface area contributed by atoms with E-state index in [4.69, 9.17) is 16.3 Å². The number of para-hydroxylation sites is 1. The van der Waals surface area contributed by atoms with Gasteiger partial charge in [-0.3, -0.25) is 9.10 Å². The SMILES string of the molecule is CCc1ccc(OCCNC(=O)CN(c2ccccc2Cl)S(=O)(=O)c2ccc(C)cc2)cc1. The van der Waals surface area contributed by atoms with Crippen molar-refractivity contribution in [2.45, 2.75) is 25.2 Å². The number of amides is 1. The van der Waals surface area contributed by atoms with Crippen LogP contribution in [0.1, 0.15) is 18.1 Å². The van der Waals surface area contributed by atoms with Gasteiger partial charge in [-0.1, -0.05) is 60.5 Å². The van der Waals surface area contributed by atoms with Crippen molar-refractivity contribution < 1.29 is 17.9 Å². The van der Waals surface area contributed by atoms with Gasteiger partial charge in [0.15, 0.2) is 0 Å². The highest BCUT2D eigenvalue weighted by molar-refractivity contribution is 7.92. The summed E-state index contributed by atoms with van der Waals surface area (Å²) in [5.74, 6) is 0.247. The molecule has 1 N–H and O–H groups in total. The summed E-state index contributed by atoms with van der Waals surface area (Å²) in [5, 5.41) is 2.95. The Kier molecular flexibility index (Phi) is 8.36. The van der Waals surface area contributed by atoms with E-state index < -0.39 is 22.5 Å². The lowest BCUT2D eigenvalue weighted by molar-refractivity contribution is -0.119. The van der Waals surface area contributed by atoms with E-state index in [1.807, 2.05) is 31.2 Å². The molecule has 0 heterocycles. The third-order valence-electron chi connectivity index (χ3n) is 5.04. The molecule has 0 radical (unpaired) electrons. The van der Waals surface area contributed by atoms with Crippen molar-refractivity contribution in [2.24, 2.45) is 0 Å². The molecular weight excluding hydrogens is 460 g/mol. The highest BCUT2D eigenvalue weighted by Gasteiger charge is 2.28. The Balaban J connectivity index is 1.68. The lowest BCUT2D eigenvalue weighted by Gasteiger charge is -2.25. The average molecular weight is 487 g/mol. The monoisotopic (exact) mass is 486 g/mol. The smallest absolute Gasteiger partial charge is 0.264 e. The van der Waals surface area contributed by atoms with E-state index >= 15 is 0 Å². The van der Waals surface area contributed by atoms with E-state index in [0.717, 1.165) is 16.3 Å². The van der Waals surface area contributed by atoms with Crippen molar-refractivity contribution in [3.8, 4) is 5.75 Å². The molecule has 0 bridgehead atoms. The Bertz CT molecular complexity index is 1180. The molecule has 0 unspecified atom stereocenters. The summed E-state index contributed by atoms with van der Waals surface area (Å²) in [6.45, 7) is 4.03. The minimum Gasteiger partial charge on any atom is -0.492 e. The predicted molar refractivity (Wildman–Crippen MR) is 131 cm³/mol. The molecule has 1 amide bonds. The molecule has 8 heteroatoms. The highest BCUT2D eigenvalue weighted by atomic mass is 35.5. The molecule has 0 aliphatic carbocycles. The largest absolute Gasteiger partial charge is 0.492 e. The summed E-state index contributed by atoms with van der Waals surface area (Å²) in [5.41, 5.74) is 2.38. The van der Waals surface area contributed by atoms with Gasteiger partial charge >= 0.3 is 0 Å². The third kappa shape index (κ3) is 6.49. The van der Waals surface area contributed by atoms with Gasteiger partial charge in [0.1, 0.15) is 18.9 Å². The van der Waals surface area contributed by atoms with Crippen molar-refractivity contribution in [2.75, 3.05) is 24.0 Å². The minimum absolute atomic E-state index is 0.0830. The van der Waals surface area contributed by atoms with Crippen LogP contribution in [0.25, 0.3) is 0 Å². The first-order chi connectivity index (χ1) is 15.8. The molecule has 0 aliphatic heterocycles. The number of nitrogens with one attached hydrogen (secondary N) is 1. The molecule has 0 saturated carbocycles. The molecule has 0 spiro atoms. The van der Waals surface area contributed by atoms with Crippen molar-refractivity contribution in [1.82, 2.24) is 5.32 Å². The van der Waals surface area contributed by atoms with E-state index in [9.17, 15) is 13.2 Å². The van der Waals surface area contributed by atoms with Crippen LogP contribution in [-0.4, -0.2) is 34.0 Å². The highest BCUT2D eigenvalue weighted by Crippen LogP contribution is 2.30. The Morgan fingerprint density at radius 2 is 1.67 bits per heavy atom. The molecule has 3 aromatic carbocycles. The zero-order valence-electron chi connectivity index (χ0n) is 18.6. The van der Waals surface area contributed by atoms with Crippen LogP contribution in [-0.2, 0) is 21.2 Å². The number of carbonyl (C=O) groups excluding carboxylic acids is 1. The van der Waals surface area contributed by atoms with Crippen LogP contribution in [0.2, 0.25) is 5.02 Å². The number of aryl methyl sites for hydroxylation is 2. The van der Waals surface area contributed by atoms with Gasteiger partial charge in [-0.15, -0.1) is 0 Å². The standard InChI is InChI=1S/C25H27ClN2O4S/c1-3-20-10-12-21(13-11-20)32-17-16-27-25(29)18-28(24-7-5-4-6-23(24)26)33(30,31)22-14-8-19(2)9-15-22/h4-15H,3,16-18H2,1-2H3,(H,27,29). The van der Waals surface area contributed by atoms with Crippen LogP contribution < -0.4 is 14.4 Å². The fourth-order valence-corrected chi connectivity index (χ4v) is 4.89. The van der Waals surface area contributed by atoms with Crippen LogP contribution in [0.5, 0.6) is 5.75 Å². The average Bonchev–Trinajstić information content (AvgIpc) is 2.81. The van der Waals surface area contributed by atoms with Gasteiger partial charge < -0.3 is 10.1 Å². The van der Waals surface area contributed by atoms with E-state index in [2.05, 4.69) is 12.2 Å². The number of benzene rings is 3. The molecule has 0 fully saturated rings. The summed E-state index contributed by atoms with van der Waals surface area (Å²) in [6.07, 6.45) is 0.948. The molecule has 0 atom stereocenters. The summed E-state index contributed by atoms with van der Waals surface area (Å²) in [7, 11) is -4.01. The quantitative estimate of drug-likeness (QED) is 0.425. The first-order valence-corrected chi connectivity index (χ1v) is 12.5. The minimum atomic E-state index is -4.01. The Morgan fingerprint density at radius 3 is 2.30 bits per heavy atom. The van der Waals surface area contributed by atoms with E-state index in [1.54, 1.807) is 36.4 Å². The Hall–Kier alpha value is -3.03. The van der Waals surface area contributed by atoms with Crippen molar-refractivity contribution >= 4 is 33.2 Å². The van der Waals surface area contributed by atoms with Gasteiger partial charge in [-0.05, 0) is 55.3 Å². The van der Waals surface area contributed by atoms with E-state index in [-0.39, 0.29) is 28.8 Å². The lowest BCUT2D eigenvalue weighted by Crippen LogP contribution is -2.42. The second-order valence-corrected chi connectivity index (χ2v) is 9.74. The molecular formula is C25H27ClN2O4S. The number of sulfonamides is 1. The maximum absolute atomic E-state index is 13.4. The van der Waals surface area contributed by atoms with Gasteiger partial charge in [0, 0.05) is 0 Å². The molecule has 3 rings (SSSR count). The molecule has 6 nitrogen and oxygen atoms in total. The van der Waals surface area contributed by atoms with Crippen molar-refractivity contribution in [3.63, 3.8) is 0 Å². The van der Waals surface area contributed by atoms with Crippen LogP contribution >= 0.6 is 11.6 Å². The first-order valence-electron chi connectivity index (χ1n) is 10.6. The summed E-state index contributed by atoms with van der Waals surface area (Å²) >= 11 is 6.28. The molecule has 3 aromatic rings. The van der Waals surface area contributed by atoms with E-state index in [1.165, 1.54) is 17.7 Å². The van der Waals surface area contributed by atoms with Crippen LogP contribution in [0, 0.1) is 6.92 Å². The number of halogens is 1. The van der Waals surface area contributed by atoms with Crippen molar-refractivity contribution in [3.05, 3.63) is 88.9 Å². The topological polar surface area (TPSA) is 75.7 Å². The van der Waals surface area contributed by atoms with Gasteiger partial charge in [0.2, 0.25) is 5.91 Å². The fourth-order valence-electron chi connectivity index (χ4n) is 3.16. The fraction of sp³-hybridized carbons (Fsp3) is 0.240. The first kappa shape index (κ1) is 24.6. The zero-order valence-corrected chi connectivity index (χ0v) is 20.2. The van der Waals surface area contributed by atoms with Gasteiger partial charge in [-0.2, -0.15) is 0 Å². The summed E-state index contributed by atoms with van der Waals surface area (Å²) in [6, 6.07) is 20.7. The molecule has 0 aromatic heterocycles. The predicted octanol–water partition coefficient (Wildman–Crippen LogP) is 4.60. The summed E-state index contributed by atoms with van der Waals surface area (Å²) in [4.78, 5) is 12.7. The third-order valence-corrected chi connectivity index (χ3v) is 7.14. The number of hydrogen-bond donors (Lipinski definition) is 1. The number of carbonyl (C=O) groups is 1. The second kappa shape index (κ2) is 11.2. The Morgan fingerprint density at radius 1 is 1.00 bits per heavy atom. The maximum Gasteiger partial charge on any atom is 0.264 e. The molecule has 0 aliphatic rings. The lowest BCUT2D eigenvalue weighted by atomic mass is 10.2. The molecule has 33 heavy (non-hydrogen) atoms. The van der Waals surface area contributed by atoms with Crippen LogP contribution in [0.3, 0.4) is 0 Å². The van der Waals surface area contributed by atoms with Gasteiger partial charge in [0.05, 0.1) is 22.2 Å². The summed E-state index contributed by atoms with van der Waals surface area (Å²) < 4.78 is 33.4. The molecule has 0 saturated heterocycles. The Labute approximate surface area is 200 Å². The van der Waals surface area contributed by atoms with E-state index in [0.29, 0.717) is 5.75 Å². The molecule has 174 valence electrons. The van der Waals surface area contributed by atoms with Crippen LogP contribution in [0.15, 0.2) is 77.7 Å². The number of ether oxygens (including phenoxy) is 1. The number of nitrogens with zero attached hydrogens (tertiary/aromatic N) is 1. The number of rotatable bonds is 10. The van der Waals surface area contributed by atoms with Gasteiger partial charge in [-0.25, -0.2) is 8.42 Å². The van der Waals surface area contributed by atoms with Crippen molar-refractivity contribution in [1.29, 1.82) is 0 Å². The second-order valence-electron chi connectivity index (χ2n) is 7.47. The maximum atomic E-state index is 13.4. The zero-order chi connectivity index (χ0) is 23.8. The van der Waals surface area contributed by atoms with Crippen LogP contribution in [0.4, 0.5) is 5.69 Å². The normalized spacial score (nSPS) is 11.1. The van der Waals surface area contributed by atoms with Gasteiger partial charge in [0.25, 0.3) is 10.0 Å². The number of hydrogen-bond acceptors (Lipinski definition) is 4. The number of anilines is 1.